The summed E-state index contributed by atoms with van der Waals surface area (Å²) in [6.07, 6.45) is 2.77. The second kappa shape index (κ2) is 7.76. The van der Waals surface area contributed by atoms with Gasteiger partial charge in [-0.3, -0.25) is 0 Å². The van der Waals surface area contributed by atoms with Gasteiger partial charge in [0.15, 0.2) is 0 Å². The van der Waals surface area contributed by atoms with E-state index in [0.29, 0.717) is 0 Å². The predicted octanol–water partition coefficient (Wildman–Crippen LogP) is 0.963. The first-order valence-electron chi connectivity index (χ1n) is 3.27. The van der Waals surface area contributed by atoms with Crippen molar-refractivity contribution >= 4 is 22.5 Å². The molecule has 0 amide bonds. The first-order valence-corrected chi connectivity index (χ1v) is 5.29. The first kappa shape index (κ1) is 8.76. The summed E-state index contributed by atoms with van der Waals surface area (Å²) < 4.78 is 1.41. The van der Waals surface area contributed by atoms with Crippen molar-refractivity contribution in [2.45, 2.75) is 24.2 Å². The van der Waals surface area contributed by atoms with Crippen molar-refractivity contribution in [1.29, 1.82) is 0 Å². The summed E-state index contributed by atoms with van der Waals surface area (Å²) in [5.41, 5.74) is 0. The third-order valence-electron chi connectivity index (χ3n) is 1.03. The summed E-state index contributed by atoms with van der Waals surface area (Å²) in [5.74, 6) is 0. The zero-order valence-electron chi connectivity index (χ0n) is 5.54. The average molecular weight is 219 g/mol. The maximum atomic E-state index is 3.29. The van der Waals surface area contributed by atoms with Crippen LogP contribution in [0.2, 0.25) is 4.44 Å². The van der Waals surface area contributed by atoms with Crippen LogP contribution in [0, 0.1) is 0 Å². The Bertz CT molecular complexity index is 33.5. The van der Waals surface area contributed by atoms with Crippen LogP contribution in [0.5, 0.6) is 0 Å². The van der Waals surface area contributed by atoms with E-state index in [1.807, 2.05) is 0 Å². The van der Waals surface area contributed by atoms with E-state index in [4.69, 9.17) is 0 Å². The Morgan fingerprint density at radius 3 is 2.62 bits per heavy atom. The molecule has 0 saturated heterocycles. The SMILES string of the molecule is CCNCCC[CH2][Sn+3]. The van der Waals surface area contributed by atoms with Crippen LogP contribution in [0.15, 0.2) is 0 Å². The van der Waals surface area contributed by atoms with Crippen LogP contribution < -0.4 is 5.32 Å². The average Bonchev–Trinajstić information content (AvgIpc) is 1.81. The summed E-state index contributed by atoms with van der Waals surface area (Å²) in [6.45, 7) is 4.49. The molecule has 0 fully saturated rings. The molecule has 2 heteroatoms. The van der Waals surface area contributed by atoms with Gasteiger partial charge in [0.05, 0.1) is 0 Å². The van der Waals surface area contributed by atoms with Crippen LogP contribution in [-0.2, 0) is 0 Å². The molecular formula is C6H14NSn+3. The normalized spacial score (nSPS) is 9.88. The Morgan fingerprint density at radius 2 is 2.12 bits per heavy atom. The molecule has 0 bridgehead atoms. The molecule has 0 heterocycles. The van der Waals surface area contributed by atoms with Crippen molar-refractivity contribution in [3.05, 3.63) is 0 Å². The van der Waals surface area contributed by atoms with Crippen LogP contribution in [0.1, 0.15) is 19.8 Å². The zero-order chi connectivity index (χ0) is 6.24. The maximum absolute atomic E-state index is 3.29. The van der Waals surface area contributed by atoms with E-state index < -0.39 is 0 Å². The van der Waals surface area contributed by atoms with E-state index in [9.17, 15) is 0 Å². The Hall–Kier alpha value is 0.759. The van der Waals surface area contributed by atoms with Gasteiger partial charge in [-0.25, -0.2) is 0 Å². The summed E-state index contributed by atoms with van der Waals surface area (Å²) in [6, 6.07) is 0. The van der Waals surface area contributed by atoms with Gasteiger partial charge in [0.2, 0.25) is 0 Å². The fraction of sp³-hybridized carbons (Fsp3) is 1.00. The minimum atomic E-state index is 1.12. The molecule has 0 spiro atoms. The molecule has 0 aromatic heterocycles. The van der Waals surface area contributed by atoms with Crippen LogP contribution in [0.25, 0.3) is 0 Å². The molecule has 0 aromatic carbocycles. The summed E-state index contributed by atoms with van der Waals surface area (Å²) >= 11 is 1.68. The third kappa shape index (κ3) is 6.76. The molecule has 0 aliphatic carbocycles. The van der Waals surface area contributed by atoms with E-state index >= 15 is 0 Å². The monoisotopic (exact) mass is 220 g/mol. The van der Waals surface area contributed by atoms with Crippen LogP contribution in [-0.4, -0.2) is 35.6 Å². The molecule has 0 aromatic rings. The molecule has 8 heavy (non-hydrogen) atoms. The number of nitrogens with one attached hydrogen (secondary N) is 1. The van der Waals surface area contributed by atoms with Gasteiger partial charge in [0, 0.05) is 0 Å². The van der Waals surface area contributed by atoms with E-state index in [1.54, 1.807) is 22.5 Å². The van der Waals surface area contributed by atoms with Gasteiger partial charge in [-0.15, -0.1) is 0 Å². The molecular weight excluding hydrogens is 205 g/mol. The van der Waals surface area contributed by atoms with Crippen LogP contribution >= 0.6 is 0 Å². The van der Waals surface area contributed by atoms with Gasteiger partial charge in [0.25, 0.3) is 0 Å². The Balaban J connectivity index is 2.53. The van der Waals surface area contributed by atoms with Crippen LogP contribution in [0.3, 0.4) is 0 Å². The first-order chi connectivity index (χ1) is 3.91. The quantitative estimate of drug-likeness (QED) is 0.536. The van der Waals surface area contributed by atoms with Gasteiger partial charge in [-0.2, -0.15) is 0 Å². The van der Waals surface area contributed by atoms with Gasteiger partial charge >= 0.3 is 65.1 Å². The fourth-order valence-corrected chi connectivity index (χ4v) is 1.27. The molecule has 1 N–H and O–H groups in total. The van der Waals surface area contributed by atoms with Gasteiger partial charge in [-0.1, -0.05) is 0 Å². The molecule has 0 saturated carbocycles. The van der Waals surface area contributed by atoms with Crippen molar-refractivity contribution in [3.63, 3.8) is 0 Å². The second-order valence-electron chi connectivity index (χ2n) is 1.81. The molecule has 0 unspecified atom stereocenters. The minimum absolute atomic E-state index is 1.12. The van der Waals surface area contributed by atoms with E-state index in [-0.39, 0.29) is 0 Å². The third-order valence-corrected chi connectivity index (χ3v) is 2.04. The van der Waals surface area contributed by atoms with Gasteiger partial charge < -0.3 is 0 Å². The van der Waals surface area contributed by atoms with Crippen molar-refractivity contribution in [2.24, 2.45) is 0 Å². The Morgan fingerprint density at radius 1 is 1.38 bits per heavy atom. The summed E-state index contributed by atoms with van der Waals surface area (Å²) in [7, 11) is 0. The van der Waals surface area contributed by atoms with E-state index in [1.165, 1.54) is 23.8 Å². The number of hydrogen-bond donors (Lipinski definition) is 1. The van der Waals surface area contributed by atoms with E-state index in [2.05, 4.69) is 12.2 Å². The van der Waals surface area contributed by atoms with Gasteiger partial charge in [-0.05, 0) is 0 Å². The molecule has 0 rings (SSSR count). The van der Waals surface area contributed by atoms with Crippen molar-refractivity contribution in [2.75, 3.05) is 13.1 Å². The van der Waals surface area contributed by atoms with Gasteiger partial charge in [0.1, 0.15) is 0 Å². The molecule has 0 aliphatic rings. The fourth-order valence-electron chi connectivity index (χ4n) is 0.552. The summed E-state index contributed by atoms with van der Waals surface area (Å²) in [5, 5.41) is 3.29. The number of hydrogen-bond acceptors (Lipinski definition) is 1. The molecule has 0 atom stereocenters. The van der Waals surface area contributed by atoms with Crippen molar-refractivity contribution in [3.8, 4) is 0 Å². The Kier molecular flexibility index (Phi) is 8.49. The van der Waals surface area contributed by atoms with Crippen molar-refractivity contribution < 1.29 is 0 Å². The molecule has 0 aliphatic heterocycles. The molecule has 0 radical (unpaired) electrons. The zero-order valence-corrected chi connectivity index (χ0v) is 8.39. The molecule has 1 nitrogen and oxygen atoms in total. The Labute approximate surface area is 65.3 Å². The number of unbranched alkanes of at least 4 members (excludes halogenated alkanes) is 1. The topological polar surface area (TPSA) is 12.0 Å². The van der Waals surface area contributed by atoms with Crippen LogP contribution in [0.4, 0.5) is 0 Å². The van der Waals surface area contributed by atoms with E-state index in [0.717, 1.165) is 6.54 Å². The summed E-state index contributed by atoms with van der Waals surface area (Å²) in [4.78, 5) is 0. The molecule has 44 valence electrons. The standard InChI is InChI=1S/C6H14N.Sn/c1-3-5-6-7-4-2;/h7H,1,3-6H2,2H3;/q;+3. The predicted molar refractivity (Wildman–Crippen MR) is 38.3 cm³/mol. The number of rotatable bonds is 5. The second-order valence-corrected chi connectivity index (χ2v) is 3.24. The van der Waals surface area contributed by atoms with Crippen molar-refractivity contribution in [1.82, 2.24) is 5.32 Å².